The van der Waals surface area contributed by atoms with Gasteiger partial charge in [0.15, 0.2) is 17.4 Å². The average Bonchev–Trinajstić information content (AvgIpc) is 3.32. The SMILES string of the molecule is CC1CCC(C(=O)C(C)(C)Nc2nn(-c3ccc(C4=NS(=O)(=O)c5ccccc5N4)cc3)cc2C(=O)O)CC1. The Balaban J connectivity index is 1.38. The van der Waals surface area contributed by atoms with Crippen molar-refractivity contribution < 1.29 is 23.1 Å². The van der Waals surface area contributed by atoms with E-state index < -0.39 is 21.5 Å². The second-order valence-electron chi connectivity index (χ2n) is 10.8. The number of hydrogen-bond acceptors (Lipinski definition) is 7. The monoisotopic (exact) mass is 549 g/mol. The van der Waals surface area contributed by atoms with Gasteiger partial charge in [-0.2, -0.15) is 8.42 Å². The topological polar surface area (TPSA) is 143 Å². The number of nitrogens with zero attached hydrogens (tertiary/aromatic N) is 3. The number of carbonyl (C=O) groups is 2. The fraction of sp³-hybridized carbons (Fsp3) is 0.357. The van der Waals surface area contributed by atoms with Crippen LogP contribution in [0.4, 0.5) is 11.5 Å². The number of Topliss-reactive ketones (excluding diaryl/α,β-unsaturated/α-hetero) is 1. The van der Waals surface area contributed by atoms with Crippen molar-refractivity contribution in [1.82, 2.24) is 9.78 Å². The van der Waals surface area contributed by atoms with E-state index in [4.69, 9.17) is 0 Å². The molecule has 1 saturated carbocycles. The van der Waals surface area contributed by atoms with E-state index in [2.05, 4.69) is 27.1 Å². The molecule has 1 aromatic heterocycles. The molecule has 1 aliphatic heterocycles. The number of fused-ring (bicyclic) bond motifs is 1. The van der Waals surface area contributed by atoms with Crippen LogP contribution in [-0.4, -0.2) is 46.4 Å². The highest BCUT2D eigenvalue weighted by Gasteiger charge is 2.36. The molecule has 1 fully saturated rings. The van der Waals surface area contributed by atoms with Crippen molar-refractivity contribution in [3.05, 3.63) is 65.9 Å². The van der Waals surface area contributed by atoms with E-state index in [1.54, 1.807) is 56.3 Å². The first-order valence-corrected chi connectivity index (χ1v) is 14.4. The molecule has 1 aliphatic carbocycles. The van der Waals surface area contributed by atoms with E-state index in [0.717, 1.165) is 25.7 Å². The molecule has 39 heavy (non-hydrogen) atoms. The first-order chi connectivity index (χ1) is 18.4. The van der Waals surface area contributed by atoms with Crippen molar-refractivity contribution >= 4 is 39.1 Å². The van der Waals surface area contributed by atoms with Crippen LogP contribution >= 0.6 is 0 Å². The number of nitrogens with one attached hydrogen (secondary N) is 2. The van der Waals surface area contributed by atoms with E-state index in [-0.39, 0.29) is 33.8 Å². The Hall–Kier alpha value is -3.99. The van der Waals surface area contributed by atoms with Gasteiger partial charge < -0.3 is 15.7 Å². The summed E-state index contributed by atoms with van der Waals surface area (Å²) < 4.78 is 30.5. The van der Waals surface area contributed by atoms with E-state index in [1.165, 1.54) is 16.9 Å². The minimum atomic E-state index is -3.84. The van der Waals surface area contributed by atoms with Gasteiger partial charge in [-0.3, -0.25) is 4.79 Å². The molecule has 2 aromatic carbocycles. The molecule has 204 valence electrons. The number of anilines is 2. The van der Waals surface area contributed by atoms with Crippen molar-refractivity contribution in [2.45, 2.75) is 56.9 Å². The van der Waals surface area contributed by atoms with E-state index in [1.807, 2.05) is 0 Å². The smallest absolute Gasteiger partial charge is 0.341 e. The molecule has 5 rings (SSSR count). The summed E-state index contributed by atoms with van der Waals surface area (Å²) in [5.41, 5.74) is 0.484. The molecule has 0 atom stereocenters. The molecule has 0 bridgehead atoms. The predicted octanol–water partition coefficient (Wildman–Crippen LogP) is 4.72. The second kappa shape index (κ2) is 9.96. The number of para-hydroxylation sites is 1. The van der Waals surface area contributed by atoms with Gasteiger partial charge in [-0.25, -0.2) is 9.48 Å². The van der Waals surface area contributed by atoms with Crippen LogP contribution < -0.4 is 10.6 Å². The van der Waals surface area contributed by atoms with Gasteiger partial charge >= 0.3 is 5.97 Å². The Bertz CT molecular complexity index is 1570. The zero-order valence-electron chi connectivity index (χ0n) is 22.0. The molecule has 3 aromatic rings. The van der Waals surface area contributed by atoms with Crippen molar-refractivity contribution in [3.63, 3.8) is 0 Å². The first-order valence-electron chi connectivity index (χ1n) is 12.9. The largest absolute Gasteiger partial charge is 0.477 e. The highest BCUT2D eigenvalue weighted by atomic mass is 32.2. The molecular formula is C28H31N5O5S. The molecule has 0 unspecified atom stereocenters. The second-order valence-corrected chi connectivity index (χ2v) is 12.4. The number of aromatic carboxylic acids is 1. The van der Waals surface area contributed by atoms with Gasteiger partial charge in [-0.05, 0) is 69.0 Å². The highest BCUT2D eigenvalue weighted by molar-refractivity contribution is 7.90. The molecule has 11 heteroatoms. The minimum Gasteiger partial charge on any atom is -0.477 e. The summed E-state index contributed by atoms with van der Waals surface area (Å²) in [5.74, 6) is -0.255. The molecule has 10 nitrogen and oxygen atoms in total. The van der Waals surface area contributed by atoms with Crippen LogP contribution in [0, 0.1) is 11.8 Å². The number of aromatic nitrogens is 2. The quantitative estimate of drug-likeness (QED) is 0.384. The molecule has 0 spiro atoms. The van der Waals surface area contributed by atoms with Gasteiger partial charge in [0.25, 0.3) is 10.0 Å². The molecule has 2 heterocycles. The zero-order chi connectivity index (χ0) is 27.9. The van der Waals surface area contributed by atoms with Crippen molar-refractivity contribution in [2.75, 3.05) is 10.6 Å². The third-order valence-corrected chi connectivity index (χ3v) is 8.75. The van der Waals surface area contributed by atoms with E-state index in [0.29, 0.717) is 22.9 Å². The maximum Gasteiger partial charge on any atom is 0.341 e. The van der Waals surface area contributed by atoms with Crippen molar-refractivity contribution in [2.24, 2.45) is 16.2 Å². The maximum atomic E-state index is 13.3. The lowest BCUT2D eigenvalue weighted by Crippen LogP contribution is -2.45. The zero-order valence-corrected chi connectivity index (χ0v) is 22.8. The lowest BCUT2D eigenvalue weighted by atomic mass is 9.76. The normalized spacial score (nSPS) is 20.3. The van der Waals surface area contributed by atoms with Gasteiger partial charge in [0.2, 0.25) is 0 Å². The van der Waals surface area contributed by atoms with E-state index >= 15 is 0 Å². The summed E-state index contributed by atoms with van der Waals surface area (Å²) in [6.45, 7) is 5.72. The van der Waals surface area contributed by atoms with E-state index in [9.17, 15) is 23.1 Å². The third-order valence-electron chi connectivity index (χ3n) is 7.41. The van der Waals surface area contributed by atoms with Crippen LogP contribution in [0.3, 0.4) is 0 Å². The summed E-state index contributed by atoms with van der Waals surface area (Å²) in [7, 11) is -3.84. The molecule has 0 radical (unpaired) electrons. The van der Waals surface area contributed by atoms with Gasteiger partial charge in [0.05, 0.1) is 16.9 Å². The molecule has 0 saturated heterocycles. The summed E-state index contributed by atoms with van der Waals surface area (Å²) in [6.07, 6.45) is 5.09. The Labute approximate surface area is 227 Å². The lowest BCUT2D eigenvalue weighted by molar-refractivity contribution is -0.127. The number of sulfonamides is 1. The first kappa shape index (κ1) is 26.6. The Morgan fingerprint density at radius 3 is 2.38 bits per heavy atom. The fourth-order valence-electron chi connectivity index (χ4n) is 5.16. The van der Waals surface area contributed by atoms with Crippen LogP contribution in [0.1, 0.15) is 62.4 Å². The maximum absolute atomic E-state index is 13.3. The molecule has 0 amide bonds. The average molecular weight is 550 g/mol. The Morgan fingerprint density at radius 2 is 1.72 bits per heavy atom. The molecule has 2 aliphatic rings. The van der Waals surface area contributed by atoms with Crippen LogP contribution in [0.2, 0.25) is 0 Å². The van der Waals surface area contributed by atoms with Gasteiger partial charge in [-0.15, -0.1) is 9.50 Å². The molecular weight excluding hydrogens is 518 g/mol. The fourth-order valence-corrected chi connectivity index (χ4v) is 6.29. The number of benzene rings is 2. The number of rotatable bonds is 7. The third kappa shape index (κ3) is 5.31. The predicted molar refractivity (Wildman–Crippen MR) is 148 cm³/mol. The van der Waals surface area contributed by atoms with Gasteiger partial charge in [-0.1, -0.05) is 31.9 Å². The minimum absolute atomic E-state index is 0.0568. The Kier molecular flexibility index (Phi) is 6.79. The van der Waals surface area contributed by atoms with Gasteiger partial charge in [0, 0.05) is 17.7 Å². The summed E-state index contributed by atoms with van der Waals surface area (Å²) in [4.78, 5) is 25.4. The number of amidine groups is 1. The number of carboxylic acids is 1. The highest BCUT2D eigenvalue weighted by Crippen LogP contribution is 2.33. The number of hydrogen-bond donors (Lipinski definition) is 3. The number of carboxylic acid groups (broad SMARTS) is 1. The van der Waals surface area contributed by atoms with Crippen LogP contribution in [-0.2, 0) is 14.8 Å². The summed E-state index contributed by atoms with van der Waals surface area (Å²) in [5, 5.41) is 20.4. The number of ketones is 1. The number of carbonyl (C=O) groups excluding carboxylic acids is 1. The Morgan fingerprint density at radius 1 is 1.05 bits per heavy atom. The van der Waals surface area contributed by atoms with Crippen LogP contribution in [0.25, 0.3) is 5.69 Å². The summed E-state index contributed by atoms with van der Waals surface area (Å²) in [6, 6.07) is 13.3. The van der Waals surface area contributed by atoms with Crippen molar-refractivity contribution in [3.8, 4) is 5.69 Å². The van der Waals surface area contributed by atoms with Crippen LogP contribution in [0.15, 0.2) is 64.0 Å². The van der Waals surface area contributed by atoms with Crippen LogP contribution in [0.5, 0.6) is 0 Å². The van der Waals surface area contributed by atoms with Crippen molar-refractivity contribution in [1.29, 1.82) is 0 Å². The standard InChI is InChI=1S/C28H31N5O5S/c1-17-8-10-18(11-9-17)24(34)28(2,3)30-26-21(27(35)36)16-33(31-26)20-14-12-19(13-15-20)25-29-22-6-4-5-7-23(22)39(37,38)32-25/h4-7,12-18H,8-11H2,1-3H3,(H,29,32)(H,30,31)(H,35,36). The molecule has 3 N–H and O–H groups in total. The summed E-state index contributed by atoms with van der Waals surface area (Å²) >= 11 is 0. The van der Waals surface area contributed by atoms with Gasteiger partial charge in [0.1, 0.15) is 10.5 Å². The lowest BCUT2D eigenvalue weighted by Gasteiger charge is -2.33.